The minimum absolute atomic E-state index is 0.0457. The van der Waals surface area contributed by atoms with Crippen molar-refractivity contribution in [2.45, 2.75) is 31.2 Å². The minimum Gasteiger partial charge on any atom is -0.497 e. The predicted octanol–water partition coefficient (Wildman–Crippen LogP) is 5.64. The second-order valence-electron chi connectivity index (χ2n) is 9.23. The lowest BCUT2D eigenvalue weighted by Gasteiger charge is -2.51. The average Bonchev–Trinajstić information content (AvgIpc) is 3.34. The summed E-state index contributed by atoms with van der Waals surface area (Å²) in [7, 11) is 1.70. The van der Waals surface area contributed by atoms with Crippen LogP contribution in [-0.4, -0.2) is 35.8 Å². The number of ether oxygens (including phenoxy) is 2. The van der Waals surface area contributed by atoms with Gasteiger partial charge in [-0.1, -0.05) is 54.1 Å². The van der Waals surface area contributed by atoms with Crippen LogP contribution in [0.3, 0.4) is 0 Å². The number of halogens is 1. The van der Waals surface area contributed by atoms with Gasteiger partial charge in [0.15, 0.2) is 5.72 Å². The van der Waals surface area contributed by atoms with Crippen molar-refractivity contribution in [2.75, 3.05) is 20.2 Å². The van der Waals surface area contributed by atoms with Crippen molar-refractivity contribution in [3.05, 3.63) is 101 Å². The molecule has 0 aliphatic carbocycles. The highest BCUT2D eigenvalue weighted by Gasteiger charge is 2.51. The van der Waals surface area contributed by atoms with Crippen LogP contribution in [0.25, 0.3) is 5.70 Å². The molecule has 5 nitrogen and oxygen atoms in total. The fraction of sp³-hybridized carbons (Fsp3) is 0.286. The highest BCUT2D eigenvalue weighted by Crippen LogP contribution is 2.49. The number of methoxy groups -OCH3 is 1. The van der Waals surface area contributed by atoms with Gasteiger partial charge in [0, 0.05) is 48.6 Å². The van der Waals surface area contributed by atoms with Gasteiger partial charge in [0.1, 0.15) is 11.5 Å². The molecule has 3 aromatic rings. The smallest absolute Gasteiger partial charge is 0.182 e. The van der Waals surface area contributed by atoms with Crippen molar-refractivity contribution in [3.63, 3.8) is 0 Å². The third kappa shape index (κ3) is 3.84. The largest absolute Gasteiger partial charge is 0.497 e. The Morgan fingerprint density at radius 3 is 2.65 bits per heavy atom. The third-order valence-electron chi connectivity index (χ3n) is 7.14. The van der Waals surface area contributed by atoms with Crippen LogP contribution in [0.1, 0.15) is 35.6 Å². The first-order valence-corrected chi connectivity index (χ1v) is 12.2. The first kappa shape index (κ1) is 21.5. The highest BCUT2D eigenvalue weighted by atomic mass is 35.5. The van der Waals surface area contributed by atoms with Crippen LogP contribution in [0, 0.1) is 0 Å². The zero-order valence-corrected chi connectivity index (χ0v) is 20.0. The predicted molar refractivity (Wildman–Crippen MR) is 134 cm³/mol. The molecule has 34 heavy (non-hydrogen) atoms. The molecule has 1 atom stereocenters. The molecular weight excluding hydrogens is 446 g/mol. The molecule has 0 amide bonds. The molecule has 3 heterocycles. The van der Waals surface area contributed by atoms with E-state index in [1.165, 1.54) is 5.56 Å². The topological polar surface area (TPSA) is 37.0 Å². The van der Waals surface area contributed by atoms with Crippen LogP contribution in [-0.2, 0) is 6.54 Å². The number of fused-ring (bicyclic) bond motifs is 4. The second-order valence-corrected chi connectivity index (χ2v) is 9.67. The van der Waals surface area contributed by atoms with Gasteiger partial charge in [-0.3, -0.25) is 4.90 Å². The van der Waals surface area contributed by atoms with Crippen molar-refractivity contribution >= 4 is 17.3 Å². The molecule has 1 unspecified atom stereocenters. The van der Waals surface area contributed by atoms with Gasteiger partial charge in [0.25, 0.3) is 0 Å². The molecule has 6 rings (SSSR count). The molecule has 3 aromatic carbocycles. The number of nitrogens with one attached hydrogen (secondary N) is 1. The zero-order valence-electron chi connectivity index (χ0n) is 19.2. The normalized spacial score (nSPS) is 21.2. The summed E-state index contributed by atoms with van der Waals surface area (Å²) >= 11 is 6.40. The average molecular weight is 474 g/mol. The zero-order chi connectivity index (χ0) is 23.1. The maximum absolute atomic E-state index is 6.78. The van der Waals surface area contributed by atoms with Crippen molar-refractivity contribution in [2.24, 2.45) is 0 Å². The van der Waals surface area contributed by atoms with E-state index in [0.29, 0.717) is 0 Å². The van der Waals surface area contributed by atoms with Gasteiger partial charge < -0.3 is 14.9 Å². The van der Waals surface area contributed by atoms with E-state index in [2.05, 4.69) is 63.9 Å². The molecule has 3 aliphatic heterocycles. The molecule has 1 saturated heterocycles. The van der Waals surface area contributed by atoms with E-state index in [-0.39, 0.29) is 6.04 Å². The Balaban J connectivity index is 1.30. The Morgan fingerprint density at radius 2 is 1.85 bits per heavy atom. The van der Waals surface area contributed by atoms with Crippen LogP contribution < -0.4 is 14.9 Å². The number of likely N-dealkylation sites (tertiary alicyclic amines) is 1. The van der Waals surface area contributed by atoms with Crippen LogP contribution in [0.5, 0.6) is 11.5 Å². The lowest BCUT2D eigenvalue weighted by molar-refractivity contribution is -0.160. The molecular formula is C28H28ClN3O2. The molecule has 3 aliphatic rings. The quantitative estimate of drug-likeness (QED) is 0.531. The summed E-state index contributed by atoms with van der Waals surface area (Å²) < 4.78 is 12.2. The molecule has 0 saturated carbocycles. The maximum Gasteiger partial charge on any atom is 0.182 e. The van der Waals surface area contributed by atoms with E-state index < -0.39 is 5.72 Å². The monoisotopic (exact) mass is 473 g/mol. The summed E-state index contributed by atoms with van der Waals surface area (Å²) in [5.41, 5.74) is 7.87. The third-order valence-corrected chi connectivity index (χ3v) is 7.38. The molecule has 174 valence electrons. The number of nitrogens with zero attached hydrogens (tertiary/aromatic N) is 2. The Labute approximate surface area is 205 Å². The molecule has 1 N–H and O–H groups in total. The number of hydrazine groups is 1. The first-order valence-electron chi connectivity index (χ1n) is 11.8. The van der Waals surface area contributed by atoms with Gasteiger partial charge in [-0.25, -0.2) is 0 Å². The molecule has 0 aromatic heterocycles. The maximum atomic E-state index is 6.78. The summed E-state index contributed by atoms with van der Waals surface area (Å²) in [5.74, 6) is 1.76. The number of rotatable bonds is 4. The summed E-state index contributed by atoms with van der Waals surface area (Å²) in [4.78, 5) is 2.52. The first-order chi connectivity index (χ1) is 16.6. The standard InChI is InChI=1S/C28H28ClN3O2/c1-33-23-9-5-8-21(16-23)25-18-26-24-17-22(29)10-11-27(24)34-28(32(26)30-25)12-14-31(15-13-28)19-20-6-3-2-4-7-20/h2-11,16-18,26,30H,12-15,19H2,1H3. The van der Waals surface area contributed by atoms with Crippen LogP contribution in [0.2, 0.25) is 5.02 Å². The highest BCUT2D eigenvalue weighted by molar-refractivity contribution is 6.30. The van der Waals surface area contributed by atoms with Gasteiger partial charge in [-0.05, 0) is 42.0 Å². The molecule has 0 radical (unpaired) electrons. The summed E-state index contributed by atoms with van der Waals surface area (Å²) in [6.45, 7) is 2.90. The van der Waals surface area contributed by atoms with Gasteiger partial charge in [-0.15, -0.1) is 0 Å². The summed E-state index contributed by atoms with van der Waals surface area (Å²) in [5, 5.41) is 3.03. The molecule has 0 bridgehead atoms. The molecule has 6 heteroatoms. The number of piperidine rings is 1. The van der Waals surface area contributed by atoms with Crippen LogP contribution in [0.15, 0.2) is 78.9 Å². The van der Waals surface area contributed by atoms with E-state index in [1.54, 1.807) is 7.11 Å². The van der Waals surface area contributed by atoms with Gasteiger partial charge in [0.2, 0.25) is 0 Å². The van der Waals surface area contributed by atoms with Gasteiger partial charge >= 0.3 is 0 Å². The van der Waals surface area contributed by atoms with Gasteiger partial charge in [0.05, 0.1) is 18.8 Å². The van der Waals surface area contributed by atoms with Crippen molar-refractivity contribution in [1.29, 1.82) is 0 Å². The molecule has 1 fully saturated rings. The fourth-order valence-electron chi connectivity index (χ4n) is 5.35. The fourth-order valence-corrected chi connectivity index (χ4v) is 5.53. The van der Waals surface area contributed by atoms with Crippen molar-refractivity contribution < 1.29 is 9.47 Å². The Morgan fingerprint density at radius 1 is 1.03 bits per heavy atom. The van der Waals surface area contributed by atoms with Crippen molar-refractivity contribution in [3.8, 4) is 11.5 Å². The van der Waals surface area contributed by atoms with E-state index in [1.807, 2.05) is 30.3 Å². The number of hydrogen-bond donors (Lipinski definition) is 1. The minimum atomic E-state index is -0.421. The Kier molecular flexibility index (Phi) is 5.48. The van der Waals surface area contributed by atoms with E-state index in [0.717, 1.165) is 65.8 Å². The lowest BCUT2D eigenvalue weighted by atomic mass is 9.92. The van der Waals surface area contributed by atoms with Crippen LogP contribution >= 0.6 is 11.6 Å². The SMILES string of the molecule is COc1cccc(C2=CC3c4cc(Cl)ccc4OC4(CCN(Cc5ccccc5)CC4)N3N2)c1. The second kappa shape index (κ2) is 8.66. The van der Waals surface area contributed by atoms with E-state index in [9.17, 15) is 0 Å². The number of benzene rings is 3. The Bertz CT molecular complexity index is 1220. The number of hydrogen-bond acceptors (Lipinski definition) is 5. The van der Waals surface area contributed by atoms with Gasteiger partial charge in [-0.2, -0.15) is 5.01 Å². The summed E-state index contributed by atoms with van der Waals surface area (Å²) in [6, 6.07) is 24.8. The van der Waals surface area contributed by atoms with Crippen molar-refractivity contribution in [1.82, 2.24) is 15.3 Å². The molecule has 1 spiro atoms. The van der Waals surface area contributed by atoms with E-state index in [4.69, 9.17) is 21.1 Å². The summed E-state index contributed by atoms with van der Waals surface area (Å²) in [6.07, 6.45) is 4.10. The Hall–Kier alpha value is -2.99. The lowest BCUT2D eigenvalue weighted by Crippen LogP contribution is -2.63. The van der Waals surface area contributed by atoms with E-state index >= 15 is 0 Å². The van der Waals surface area contributed by atoms with Crippen LogP contribution in [0.4, 0.5) is 0 Å².